The molecule has 5 nitrogen and oxygen atoms in total. The quantitative estimate of drug-likeness (QED) is 0.728. The molecule has 0 spiro atoms. The third-order valence-electron chi connectivity index (χ3n) is 2.64. The molecule has 0 saturated carbocycles. The maximum absolute atomic E-state index is 13.0. The summed E-state index contributed by atoms with van der Waals surface area (Å²) in [6.45, 7) is 0. The zero-order valence-corrected chi connectivity index (χ0v) is 8.98. The Hall–Kier alpha value is -2.63. The third-order valence-corrected chi connectivity index (χ3v) is 2.64. The summed E-state index contributed by atoms with van der Waals surface area (Å²) in [6.07, 6.45) is 1.62. The summed E-state index contributed by atoms with van der Waals surface area (Å²) in [7, 11) is 0. The van der Waals surface area contributed by atoms with Gasteiger partial charge in [0.1, 0.15) is 5.82 Å². The smallest absolute Gasteiger partial charge is 0.358 e. The molecule has 6 heteroatoms. The molecule has 0 aliphatic rings. The number of aromatic amines is 1. The minimum atomic E-state index is -1.16. The van der Waals surface area contributed by atoms with Gasteiger partial charge in [0, 0.05) is 28.7 Å². The Labute approximate surface area is 99.8 Å². The van der Waals surface area contributed by atoms with E-state index in [1.165, 1.54) is 18.2 Å². The van der Waals surface area contributed by atoms with Gasteiger partial charge in [-0.05, 0) is 18.2 Å². The highest BCUT2D eigenvalue weighted by molar-refractivity contribution is 5.95. The molecular weight excluding hydrogens is 239 g/mol. The highest BCUT2D eigenvalue weighted by Gasteiger charge is 2.15. The second kappa shape index (κ2) is 3.69. The summed E-state index contributed by atoms with van der Waals surface area (Å²) in [5.41, 5.74) is 1.09. The lowest BCUT2D eigenvalue weighted by Gasteiger charge is -1.93. The zero-order valence-electron chi connectivity index (χ0n) is 8.98. The molecule has 2 N–H and O–H groups in total. The number of carbonyl (C=O) groups is 1. The van der Waals surface area contributed by atoms with Crippen molar-refractivity contribution in [2.45, 2.75) is 0 Å². The van der Waals surface area contributed by atoms with Crippen LogP contribution in [0.1, 0.15) is 10.5 Å². The van der Waals surface area contributed by atoms with Crippen LogP contribution in [0.25, 0.3) is 22.2 Å². The molecule has 2 heterocycles. The molecular formula is C12H7FN2O3. The van der Waals surface area contributed by atoms with Gasteiger partial charge in [-0.15, -0.1) is 0 Å². The summed E-state index contributed by atoms with van der Waals surface area (Å²) in [6, 6.07) is 5.61. The van der Waals surface area contributed by atoms with E-state index in [9.17, 15) is 9.18 Å². The van der Waals surface area contributed by atoms with E-state index in [0.29, 0.717) is 16.8 Å². The number of aromatic nitrogens is 2. The fourth-order valence-corrected chi connectivity index (χ4v) is 1.81. The fourth-order valence-electron chi connectivity index (χ4n) is 1.81. The fraction of sp³-hybridized carbons (Fsp3) is 0. The number of benzene rings is 1. The molecule has 0 amide bonds. The van der Waals surface area contributed by atoms with E-state index >= 15 is 0 Å². The van der Waals surface area contributed by atoms with Crippen molar-refractivity contribution in [1.29, 1.82) is 0 Å². The highest BCUT2D eigenvalue weighted by Crippen LogP contribution is 2.29. The lowest BCUT2D eigenvalue weighted by atomic mass is 10.1. The Morgan fingerprint density at radius 3 is 2.94 bits per heavy atom. The van der Waals surface area contributed by atoms with E-state index in [1.807, 2.05) is 0 Å². The first kappa shape index (κ1) is 10.5. The molecule has 0 unspecified atom stereocenters. The number of nitrogens with one attached hydrogen (secondary N) is 1. The van der Waals surface area contributed by atoms with E-state index in [4.69, 9.17) is 9.63 Å². The molecule has 0 aliphatic carbocycles. The zero-order chi connectivity index (χ0) is 12.7. The van der Waals surface area contributed by atoms with Crippen molar-refractivity contribution in [1.82, 2.24) is 10.1 Å². The van der Waals surface area contributed by atoms with E-state index in [0.717, 1.165) is 5.39 Å². The number of nitrogens with zero attached hydrogens (tertiary/aromatic N) is 1. The predicted octanol–water partition coefficient (Wildman–Crippen LogP) is 2.66. The number of aromatic carboxylic acids is 1. The van der Waals surface area contributed by atoms with Gasteiger partial charge in [0.15, 0.2) is 11.5 Å². The normalized spacial score (nSPS) is 10.9. The van der Waals surface area contributed by atoms with Crippen molar-refractivity contribution in [2.75, 3.05) is 0 Å². The van der Waals surface area contributed by atoms with E-state index in [2.05, 4.69) is 10.1 Å². The van der Waals surface area contributed by atoms with E-state index in [1.54, 1.807) is 12.3 Å². The van der Waals surface area contributed by atoms with Crippen molar-refractivity contribution in [2.24, 2.45) is 0 Å². The molecule has 3 rings (SSSR count). The predicted molar refractivity (Wildman–Crippen MR) is 60.7 cm³/mol. The molecule has 1 aromatic carbocycles. The monoisotopic (exact) mass is 246 g/mol. The lowest BCUT2D eigenvalue weighted by Crippen LogP contribution is -1.94. The Bertz CT molecular complexity index is 745. The van der Waals surface area contributed by atoms with Crippen LogP contribution in [-0.2, 0) is 0 Å². The first-order chi connectivity index (χ1) is 8.65. The summed E-state index contributed by atoms with van der Waals surface area (Å²) in [5.74, 6) is -1.18. The molecule has 0 fully saturated rings. The van der Waals surface area contributed by atoms with Gasteiger partial charge in [-0.1, -0.05) is 5.16 Å². The maximum atomic E-state index is 13.0. The molecule has 90 valence electrons. The first-order valence-corrected chi connectivity index (χ1v) is 5.12. The average Bonchev–Trinajstić information content (AvgIpc) is 2.92. The number of fused-ring (bicyclic) bond motifs is 1. The summed E-state index contributed by atoms with van der Waals surface area (Å²) in [4.78, 5) is 13.6. The third kappa shape index (κ3) is 1.55. The van der Waals surface area contributed by atoms with Crippen molar-refractivity contribution in [3.8, 4) is 11.3 Å². The number of halogens is 1. The van der Waals surface area contributed by atoms with Crippen LogP contribution in [0.15, 0.2) is 35.0 Å². The van der Waals surface area contributed by atoms with Crippen LogP contribution in [-0.4, -0.2) is 21.2 Å². The number of hydrogen-bond acceptors (Lipinski definition) is 3. The average molecular weight is 246 g/mol. The molecule has 0 radical (unpaired) electrons. The molecule has 0 bridgehead atoms. The summed E-state index contributed by atoms with van der Waals surface area (Å²) < 4.78 is 18.0. The van der Waals surface area contributed by atoms with Crippen LogP contribution in [0.3, 0.4) is 0 Å². The van der Waals surface area contributed by atoms with Gasteiger partial charge in [-0.3, -0.25) is 0 Å². The maximum Gasteiger partial charge on any atom is 0.358 e. The van der Waals surface area contributed by atoms with Crippen molar-refractivity contribution in [3.63, 3.8) is 0 Å². The van der Waals surface area contributed by atoms with Gasteiger partial charge >= 0.3 is 5.97 Å². The largest absolute Gasteiger partial charge is 0.476 e. The van der Waals surface area contributed by atoms with Gasteiger partial charge in [-0.25, -0.2) is 9.18 Å². The Kier molecular flexibility index (Phi) is 2.16. The highest BCUT2D eigenvalue weighted by atomic mass is 19.1. The molecule has 0 saturated heterocycles. The van der Waals surface area contributed by atoms with Gasteiger partial charge < -0.3 is 14.6 Å². The Balaban J connectivity index is 2.16. The van der Waals surface area contributed by atoms with Gasteiger partial charge in [0.2, 0.25) is 0 Å². The molecule has 0 aliphatic heterocycles. The Morgan fingerprint density at radius 1 is 1.39 bits per heavy atom. The Morgan fingerprint density at radius 2 is 2.22 bits per heavy atom. The molecule has 0 atom stereocenters. The van der Waals surface area contributed by atoms with Crippen LogP contribution in [0.2, 0.25) is 0 Å². The number of carboxylic acid groups (broad SMARTS) is 1. The minimum absolute atomic E-state index is 0.165. The number of carboxylic acids is 1. The van der Waals surface area contributed by atoms with Crippen molar-refractivity contribution in [3.05, 3.63) is 42.0 Å². The van der Waals surface area contributed by atoms with Crippen LogP contribution >= 0.6 is 0 Å². The van der Waals surface area contributed by atoms with Crippen LogP contribution in [0, 0.1) is 5.82 Å². The second-order valence-electron chi connectivity index (χ2n) is 3.77. The first-order valence-electron chi connectivity index (χ1n) is 5.12. The van der Waals surface area contributed by atoms with Crippen LogP contribution < -0.4 is 0 Å². The number of rotatable bonds is 2. The number of H-pyrrole nitrogens is 1. The lowest BCUT2D eigenvalue weighted by molar-refractivity contribution is 0.0686. The molecule has 18 heavy (non-hydrogen) atoms. The van der Waals surface area contributed by atoms with Crippen molar-refractivity contribution >= 4 is 16.9 Å². The van der Waals surface area contributed by atoms with E-state index in [-0.39, 0.29) is 11.5 Å². The topological polar surface area (TPSA) is 79.1 Å². The summed E-state index contributed by atoms with van der Waals surface area (Å²) >= 11 is 0. The summed E-state index contributed by atoms with van der Waals surface area (Å²) in [5, 5.41) is 12.9. The van der Waals surface area contributed by atoms with Gasteiger partial charge in [0.25, 0.3) is 0 Å². The standard InChI is InChI=1S/C12H7FN2O3/c13-6-1-2-7-8(5-14-9(7)3-6)11-4-10(12(16)17)15-18-11/h1-5,14H,(H,16,17). The van der Waals surface area contributed by atoms with Gasteiger partial charge in [-0.2, -0.15) is 0 Å². The number of hydrogen-bond donors (Lipinski definition) is 2. The van der Waals surface area contributed by atoms with Crippen LogP contribution in [0.5, 0.6) is 0 Å². The SMILES string of the molecule is O=C(O)c1cc(-c2c[nH]c3cc(F)ccc23)on1. The van der Waals surface area contributed by atoms with E-state index < -0.39 is 5.97 Å². The van der Waals surface area contributed by atoms with Crippen molar-refractivity contribution < 1.29 is 18.8 Å². The minimum Gasteiger partial charge on any atom is -0.476 e. The van der Waals surface area contributed by atoms with Crippen LogP contribution in [0.4, 0.5) is 4.39 Å². The van der Waals surface area contributed by atoms with Gasteiger partial charge in [0.05, 0.1) is 0 Å². The second-order valence-corrected chi connectivity index (χ2v) is 3.77. The molecule has 2 aromatic heterocycles. The molecule has 3 aromatic rings.